The van der Waals surface area contributed by atoms with Gasteiger partial charge in [0, 0.05) is 39.8 Å². The first-order valence-corrected chi connectivity index (χ1v) is 7.79. The van der Waals surface area contributed by atoms with Crippen molar-refractivity contribution in [3.63, 3.8) is 0 Å². The van der Waals surface area contributed by atoms with Crippen LogP contribution >= 0.6 is 0 Å². The van der Waals surface area contributed by atoms with Crippen LogP contribution in [-0.2, 0) is 21.1 Å². The van der Waals surface area contributed by atoms with E-state index in [1.165, 1.54) is 11.6 Å². The fourth-order valence-electron chi connectivity index (χ4n) is 2.46. The topological polar surface area (TPSA) is 93.2 Å². The highest BCUT2D eigenvalue weighted by Gasteiger charge is 2.17. The summed E-state index contributed by atoms with van der Waals surface area (Å²) in [6.45, 7) is 0.805. The largest absolute Gasteiger partial charge is 0.478 e. The molecule has 0 aliphatic heterocycles. The molecule has 0 aliphatic rings. The number of aromatic nitrogens is 5. The smallest absolute Gasteiger partial charge is 0.332 e. The van der Waals surface area contributed by atoms with Crippen LogP contribution in [0.2, 0.25) is 0 Å². The van der Waals surface area contributed by atoms with Gasteiger partial charge in [0.15, 0.2) is 11.2 Å². The molecule has 0 saturated heterocycles. The van der Waals surface area contributed by atoms with Crippen LogP contribution in [0.4, 0.5) is 0 Å². The highest BCUT2D eigenvalue weighted by Crippen LogP contribution is 2.15. The van der Waals surface area contributed by atoms with E-state index in [2.05, 4.69) is 9.97 Å². The lowest BCUT2D eigenvalue weighted by Crippen LogP contribution is -2.37. The number of hydrogen-bond donors (Lipinski definition) is 0. The van der Waals surface area contributed by atoms with Crippen LogP contribution in [0.5, 0.6) is 11.9 Å². The number of rotatable bonds is 6. The van der Waals surface area contributed by atoms with E-state index < -0.39 is 11.2 Å². The molecule has 25 heavy (non-hydrogen) atoms. The predicted octanol–water partition coefficient (Wildman–Crippen LogP) is 0.214. The van der Waals surface area contributed by atoms with Gasteiger partial charge in [-0.05, 0) is 6.07 Å². The maximum Gasteiger partial charge on any atom is 0.332 e. The van der Waals surface area contributed by atoms with Gasteiger partial charge >= 0.3 is 5.69 Å². The van der Waals surface area contributed by atoms with E-state index in [-0.39, 0.29) is 6.01 Å². The van der Waals surface area contributed by atoms with Gasteiger partial charge < -0.3 is 9.47 Å². The Morgan fingerprint density at radius 1 is 1.00 bits per heavy atom. The van der Waals surface area contributed by atoms with E-state index in [0.717, 1.165) is 4.57 Å². The Hall–Kier alpha value is -3.10. The predicted molar refractivity (Wildman–Crippen MR) is 91.0 cm³/mol. The van der Waals surface area contributed by atoms with Gasteiger partial charge in [0.2, 0.25) is 5.88 Å². The zero-order valence-corrected chi connectivity index (χ0v) is 14.3. The Kier molecular flexibility index (Phi) is 4.55. The minimum atomic E-state index is -0.425. The van der Waals surface area contributed by atoms with Gasteiger partial charge in [-0.3, -0.25) is 18.5 Å². The van der Waals surface area contributed by atoms with Gasteiger partial charge in [-0.2, -0.15) is 4.98 Å². The third kappa shape index (κ3) is 3.12. The average Bonchev–Trinajstić information content (AvgIpc) is 2.95. The first kappa shape index (κ1) is 16.7. The summed E-state index contributed by atoms with van der Waals surface area (Å²) in [6, 6.07) is 5.73. The minimum Gasteiger partial charge on any atom is -0.478 e. The summed E-state index contributed by atoms with van der Waals surface area (Å²) in [5.41, 5.74) is -0.202. The zero-order valence-electron chi connectivity index (χ0n) is 14.3. The lowest BCUT2D eigenvalue weighted by Gasteiger charge is -2.06. The van der Waals surface area contributed by atoms with Gasteiger partial charge in [-0.25, -0.2) is 9.78 Å². The molecule has 0 N–H and O–H groups in total. The number of fused-ring (bicyclic) bond motifs is 1. The fraction of sp³-hybridized carbons (Fsp3) is 0.375. The standard InChI is InChI=1S/C16H19N5O4/c1-19-12-13(20(2)16(23)21(3)14(12)22)18-15(19)25-10-6-9-24-11-7-4-5-8-17-11/h4-5,7-8H,6,9-10H2,1-3H3. The van der Waals surface area contributed by atoms with E-state index in [4.69, 9.17) is 9.47 Å². The molecule has 0 atom stereocenters. The third-order valence-corrected chi connectivity index (χ3v) is 3.84. The van der Waals surface area contributed by atoms with Crippen molar-refractivity contribution >= 4 is 11.2 Å². The lowest BCUT2D eigenvalue weighted by molar-refractivity contribution is 0.228. The molecular formula is C16H19N5O4. The summed E-state index contributed by atoms with van der Waals surface area (Å²) < 4.78 is 15.1. The molecule has 9 nitrogen and oxygen atoms in total. The first-order valence-electron chi connectivity index (χ1n) is 7.79. The molecule has 0 amide bonds. The fourth-order valence-corrected chi connectivity index (χ4v) is 2.46. The third-order valence-electron chi connectivity index (χ3n) is 3.84. The second-order valence-corrected chi connectivity index (χ2v) is 5.55. The Morgan fingerprint density at radius 3 is 2.48 bits per heavy atom. The van der Waals surface area contributed by atoms with E-state index in [9.17, 15) is 9.59 Å². The zero-order chi connectivity index (χ0) is 18.0. The summed E-state index contributed by atoms with van der Waals surface area (Å²) in [5, 5.41) is 0. The summed E-state index contributed by atoms with van der Waals surface area (Å²) in [4.78, 5) is 32.6. The molecule has 3 aromatic rings. The van der Waals surface area contributed by atoms with Crippen molar-refractivity contribution < 1.29 is 9.47 Å². The highest BCUT2D eigenvalue weighted by molar-refractivity contribution is 5.71. The van der Waals surface area contributed by atoms with Crippen LogP contribution in [0.3, 0.4) is 0 Å². The summed E-state index contributed by atoms with van der Waals surface area (Å²) in [7, 11) is 4.69. The average molecular weight is 345 g/mol. The number of nitrogens with zero attached hydrogens (tertiary/aromatic N) is 5. The number of hydrogen-bond acceptors (Lipinski definition) is 6. The van der Waals surface area contributed by atoms with Crippen LogP contribution in [0.15, 0.2) is 34.0 Å². The van der Waals surface area contributed by atoms with Gasteiger partial charge in [0.25, 0.3) is 11.6 Å². The molecule has 3 rings (SSSR count). The van der Waals surface area contributed by atoms with E-state index >= 15 is 0 Å². The monoisotopic (exact) mass is 345 g/mol. The second kappa shape index (κ2) is 6.80. The Morgan fingerprint density at radius 2 is 1.76 bits per heavy atom. The van der Waals surface area contributed by atoms with E-state index in [1.54, 1.807) is 30.9 Å². The summed E-state index contributed by atoms with van der Waals surface area (Å²) in [6.07, 6.45) is 2.28. The SMILES string of the molecule is Cn1c(=O)c2c(nc(OCCCOc3ccccn3)n2C)n(C)c1=O. The number of ether oxygens (including phenoxy) is 2. The molecule has 3 aromatic heterocycles. The minimum absolute atomic E-state index is 0.283. The first-order chi connectivity index (χ1) is 12.0. The lowest BCUT2D eigenvalue weighted by atomic mass is 10.5. The second-order valence-electron chi connectivity index (χ2n) is 5.55. The molecular weight excluding hydrogens is 326 g/mol. The summed E-state index contributed by atoms with van der Waals surface area (Å²) in [5.74, 6) is 0.559. The molecule has 0 bridgehead atoms. The van der Waals surface area contributed by atoms with Gasteiger partial charge in [-0.1, -0.05) is 6.07 Å². The molecule has 0 aromatic carbocycles. The van der Waals surface area contributed by atoms with Crippen LogP contribution in [0.1, 0.15) is 6.42 Å². The van der Waals surface area contributed by atoms with Crippen LogP contribution in [0, 0.1) is 0 Å². The van der Waals surface area contributed by atoms with Crippen molar-refractivity contribution in [2.24, 2.45) is 21.1 Å². The molecule has 132 valence electrons. The van der Waals surface area contributed by atoms with Crippen LogP contribution < -0.4 is 20.7 Å². The van der Waals surface area contributed by atoms with Gasteiger partial charge in [0.1, 0.15) is 0 Å². The quantitative estimate of drug-likeness (QED) is 0.593. The number of pyridine rings is 1. The van der Waals surface area contributed by atoms with Crippen molar-refractivity contribution in [2.75, 3.05) is 13.2 Å². The molecule has 0 radical (unpaired) electrons. The molecule has 0 saturated carbocycles. The maximum absolute atomic E-state index is 12.3. The van der Waals surface area contributed by atoms with Crippen molar-refractivity contribution in [1.82, 2.24) is 23.7 Å². The van der Waals surface area contributed by atoms with Crippen LogP contribution in [-0.4, -0.2) is 36.9 Å². The molecule has 0 unspecified atom stereocenters. The number of imidazole rings is 1. The van der Waals surface area contributed by atoms with Crippen molar-refractivity contribution in [2.45, 2.75) is 6.42 Å². The van der Waals surface area contributed by atoms with Crippen LogP contribution in [0.25, 0.3) is 11.2 Å². The van der Waals surface area contributed by atoms with E-state index in [1.807, 2.05) is 12.1 Å². The normalized spacial score (nSPS) is 11.0. The maximum atomic E-state index is 12.3. The van der Waals surface area contributed by atoms with Crippen molar-refractivity contribution in [1.29, 1.82) is 0 Å². The van der Waals surface area contributed by atoms with E-state index in [0.29, 0.717) is 36.7 Å². The molecule has 0 fully saturated rings. The Balaban J connectivity index is 1.69. The highest BCUT2D eigenvalue weighted by atomic mass is 16.5. The van der Waals surface area contributed by atoms with Gasteiger partial charge in [0.05, 0.1) is 13.2 Å². The molecule has 9 heteroatoms. The molecule has 0 aliphatic carbocycles. The van der Waals surface area contributed by atoms with Gasteiger partial charge in [-0.15, -0.1) is 0 Å². The van der Waals surface area contributed by atoms with Crippen molar-refractivity contribution in [3.8, 4) is 11.9 Å². The molecule has 0 spiro atoms. The molecule has 3 heterocycles. The van der Waals surface area contributed by atoms with Crippen molar-refractivity contribution in [3.05, 3.63) is 45.2 Å². The Labute approximate surface area is 143 Å². The number of aryl methyl sites for hydroxylation is 2. The Bertz CT molecular complexity index is 1000. The summed E-state index contributed by atoms with van der Waals surface area (Å²) >= 11 is 0.